The maximum absolute atomic E-state index is 4.33. The SMILES string of the molecule is c1cncc(-n2c(CN3CCN(c4ccncc4)CC3)cc3ccccc32)c1. The van der Waals surface area contributed by atoms with Crippen LogP contribution in [0.5, 0.6) is 0 Å². The molecule has 0 N–H and O–H groups in total. The lowest BCUT2D eigenvalue weighted by Gasteiger charge is -2.36. The minimum Gasteiger partial charge on any atom is -0.369 e. The van der Waals surface area contributed by atoms with Crippen LogP contribution in [-0.2, 0) is 6.54 Å². The topological polar surface area (TPSA) is 37.2 Å². The molecule has 1 fully saturated rings. The first-order valence-electron chi connectivity index (χ1n) is 9.75. The number of fused-ring (bicyclic) bond motifs is 1. The molecule has 0 amide bonds. The minimum atomic E-state index is 0.938. The van der Waals surface area contributed by atoms with Gasteiger partial charge < -0.3 is 9.47 Å². The summed E-state index contributed by atoms with van der Waals surface area (Å²) in [5.41, 5.74) is 4.93. The Bertz CT molecular complexity index is 1050. The molecule has 140 valence electrons. The van der Waals surface area contributed by atoms with E-state index < -0.39 is 0 Å². The molecule has 4 heterocycles. The molecule has 5 rings (SSSR count). The summed E-state index contributed by atoms with van der Waals surface area (Å²) in [5, 5.41) is 1.27. The Balaban J connectivity index is 1.39. The third-order valence-electron chi connectivity index (χ3n) is 5.48. The van der Waals surface area contributed by atoms with E-state index in [0.717, 1.165) is 38.4 Å². The lowest BCUT2D eigenvalue weighted by molar-refractivity contribution is 0.246. The van der Waals surface area contributed by atoms with Gasteiger partial charge in [0.1, 0.15) is 0 Å². The molecule has 4 aromatic rings. The lowest BCUT2D eigenvalue weighted by Crippen LogP contribution is -2.46. The van der Waals surface area contributed by atoms with Crippen molar-refractivity contribution in [1.82, 2.24) is 19.4 Å². The largest absolute Gasteiger partial charge is 0.369 e. The van der Waals surface area contributed by atoms with Gasteiger partial charge >= 0.3 is 0 Å². The van der Waals surface area contributed by atoms with Crippen molar-refractivity contribution < 1.29 is 0 Å². The zero-order valence-electron chi connectivity index (χ0n) is 15.8. The predicted octanol–water partition coefficient (Wildman–Crippen LogP) is 3.74. The van der Waals surface area contributed by atoms with Gasteiger partial charge in [0.2, 0.25) is 0 Å². The number of para-hydroxylation sites is 1. The monoisotopic (exact) mass is 369 g/mol. The molecule has 5 heteroatoms. The number of benzene rings is 1. The molecule has 28 heavy (non-hydrogen) atoms. The fourth-order valence-electron chi connectivity index (χ4n) is 4.07. The van der Waals surface area contributed by atoms with Crippen LogP contribution in [-0.4, -0.2) is 45.6 Å². The molecule has 1 aromatic carbocycles. The average Bonchev–Trinajstić information content (AvgIpc) is 3.13. The van der Waals surface area contributed by atoms with Crippen LogP contribution in [0.4, 0.5) is 5.69 Å². The second kappa shape index (κ2) is 7.44. The summed E-state index contributed by atoms with van der Waals surface area (Å²) in [5.74, 6) is 0. The zero-order chi connectivity index (χ0) is 18.8. The fraction of sp³-hybridized carbons (Fsp3) is 0.217. The summed E-state index contributed by atoms with van der Waals surface area (Å²) in [6.45, 7) is 5.12. The van der Waals surface area contributed by atoms with E-state index in [1.165, 1.54) is 22.3 Å². The Morgan fingerprint density at radius 3 is 2.36 bits per heavy atom. The van der Waals surface area contributed by atoms with Gasteiger partial charge in [-0.1, -0.05) is 18.2 Å². The predicted molar refractivity (Wildman–Crippen MR) is 113 cm³/mol. The highest BCUT2D eigenvalue weighted by Gasteiger charge is 2.19. The molecule has 0 radical (unpaired) electrons. The number of hydrogen-bond donors (Lipinski definition) is 0. The van der Waals surface area contributed by atoms with Gasteiger partial charge in [-0.25, -0.2) is 0 Å². The second-order valence-electron chi connectivity index (χ2n) is 7.21. The molecular formula is C23H23N5. The van der Waals surface area contributed by atoms with Crippen LogP contribution in [0.15, 0.2) is 79.4 Å². The Morgan fingerprint density at radius 2 is 1.57 bits per heavy atom. The molecule has 1 saturated heterocycles. The van der Waals surface area contributed by atoms with Gasteiger partial charge in [0.05, 0.1) is 17.4 Å². The molecule has 0 saturated carbocycles. The Morgan fingerprint density at radius 1 is 0.750 bits per heavy atom. The minimum absolute atomic E-state index is 0.938. The quantitative estimate of drug-likeness (QED) is 0.549. The molecule has 0 atom stereocenters. The highest BCUT2D eigenvalue weighted by Crippen LogP contribution is 2.25. The summed E-state index contributed by atoms with van der Waals surface area (Å²) in [4.78, 5) is 13.4. The summed E-state index contributed by atoms with van der Waals surface area (Å²) >= 11 is 0. The molecule has 0 aliphatic carbocycles. The first-order valence-corrected chi connectivity index (χ1v) is 9.75. The van der Waals surface area contributed by atoms with Crippen LogP contribution >= 0.6 is 0 Å². The lowest BCUT2D eigenvalue weighted by atomic mass is 10.2. The third-order valence-corrected chi connectivity index (χ3v) is 5.48. The molecule has 0 unspecified atom stereocenters. The van der Waals surface area contributed by atoms with Gasteiger partial charge in [0.25, 0.3) is 0 Å². The van der Waals surface area contributed by atoms with Crippen molar-refractivity contribution >= 4 is 16.6 Å². The van der Waals surface area contributed by atoms with Gasteiger partial charge in [0.15, 0.2) is 0 Å². The number of piperazine rings is 1. The third kappa shape index (κ3) is 3.25. The first-order chi connectivity index (χ1) is 13.9. The highest BCUT2D eigenvalue weighted by atomic mass is 15.3. The van der Waals surface area contributed by atoms with E-state index in [0.29, 0.717) is 0 Å². The number of hydrogen-bond acceptors (Lipinski definition) is 4. The number of pyridine rings is 2. The normalized spacial score (nSPS) is 15.2. The summed E-state index contributed by atoms with van der Waals surface area (Å²) < 4.78 is 2.34. The molecule has 1 aliphatic heterocycles. The van der Waals surface area contributed by atoms with Gasteiger partial charge in [-0.15, -0.1) is 0 Å². The molecule has 5 nitrogen and oxygen atoms in total. The Hall–Kier alpha value is -3.18. The molecule has 0 bridgehead atoms. The van der Waals surface area contributed by atoms with E-state index in [1.807, 2.05) is 30.9 Å². The fourth-order valence-corrected chi connectivity index (χ4v) is 4.07. The average molecular weight is 369 g/mol. The van der Waals surface area contributed by atoms with Gasteiger partial charge in [-0.3, -0.25) is 14.9 Å². The maximum atomic E-state index is 4.33. The standard InChI is InChI=1S/C23H23N5/c1-2-6-23-19(4-1)16-22(28(23)21-5-3-9-25-17-21)18-26-12-14-27(15-13-26)20-7-10-24-11-8-20/h1-11,16-17H,12-15,18H2. The molecule has 1 aliphatic rings. The van der Waals surface area contributed by atoms with Crippen LogP contribution < -0.4 is 4.90 Å². The summed E-state index contributed by atoms with van der Waals surface area (Å²) in [7, 11) is 0. The van der Waals surface area contributed by atoms with Crippen LogP contribution in [0, 0.1) is 0 Å². The van der Waals surface area contributed by atoms with Crippen LogP contribution in [0.25, 0.3) is 16.6 Å². The molecule has 0 spiro atoms. The van der Waals surface area contributed by atoms with Gasteiger partial charge in [0, 0.05) is 68.1 Å². The molecule has 3 aromatic heterocycles. The van der Waals surface area contributed by atoms with Gasteiger partial charge in [-0.2, -0.15) is 0 Å². The number of rotatable bonds is 4. The highest BCUT2D eigenvalue weighted by molar-refractivity contribution is 5.83. The van der Waals surface area contributed by atoms with Crippen LogP contribution in [0.1, 0.15) is 5.69 Å². The van der Waals surface area contributed by atoms with Crippen molar-refractivity contribution in [2.24, 2.45) is 0 Å². The van der Waals surface area contributed by atoms with Crippen molar-refractivity contribution in [2.45, 2.75) is 6.54 Å². The van der Waals surface area contributed by atoms with Crippen LogP contribution in [0.3, 0.4) is 0 Å². The van der Waals surface area contributed by atoms with E-state index in [2.05, 4.69) is 72.9 Å². The number of anilines is 1. The summed E-state index contributed by atoms with van der Waals surface area (Å²) in [6, 6.07) is 19.2. The van der Waals surface area contributed by atoms with Crippen LogP contribution in [0.2, 0.25) is 0 Å². The van der Waals surface area contributed by atoms with E-state index in [9.17, 15) is 0 Å². The zero-order valence-corrected chi connectivity index (χ0v) is 15.8. The number of nitrogens with zero attached hydrogens (tertiary/aromatic N) is 5. The van der Waals surface area contributed by atoms with E-state index in [1.54, 1.807) is 0 Å². The van der Waals surface area contributed by atoms with E-state index >= 15 is 0 Å². The summed E-state index contributed by atoms with van der Waals surface area (Å²) in [6.07, 6.45) is 7.51. The van der Waals surface area contributed by atoms with Crippen molar-refractivity contribution in [3.63, 3.8) is 0 Å². The maximum Gasteiger partial charge on any atom is 0.0642 e. The first kappa shape index (κ1) is 17.0. The number of aromatic nitrogens is 3. The van der Waals surface area contributed by atoms with Crippen molar-refractivity contribution in [3.05, 3.63) is 85.1 Å². The van der Waals surface area contributed by atoms with E-state index in [4.69, 9.17) is 0 Å². The van der Waals surface area contributed by atoms with Crippen molar-refractivity contribution in [1.29, 1.82) is 0 Å². The Labute approximate surface area is 164 Å². The molecular weight excluding hydrogens is 346 g/mol. The smallest absolute Gasteiger partial charge is 0.0642 e. The second-order valence-corrected chi connectivity index (χ2v) is 7.21. The van der Waals surface area contributed by atoms with Crippen molar-refractivity contribution in [3.8, 4) is 5.69 Å². The van der Waals surface area contributed by atoms with Crippen molar-refractivity contribution in [2.75, 3.05) is 31.1 Å². The Kier molecular flexibility index (Phi) is 4.51. The van der Waals surface area contributed by atoms with E-state index in [-0.39, 0.29) is 0 Å². The van der Waals surface area contributed by atoms with Gasteiger partial charge in [-0.05, 0) is 36.4 Å².